The monoisotopic (exact) mass is 243 g/mol. The van der Waals surface area contributed by atoms with Crippen molar-refractivity contribution in [2.75, 3.05) is 19.8 Å². The van der Waals surface area contributed by atoms with Crippen molar-refractivity contribution in [2.45, 2.75) is 52.6 Å². The highest BCUT2D eigenvalue weighted by atomic mass is 16.6. The molecule has 1 heterocycles. The molecule has 0 radical (unpaired) electrons. The van der Waals surface area contributed by atoms with Crippen molar-refractivity contribution in [1.82, 2.24) is 5.32 Å². The molecule has 1 atom stereocenters. The van der Waals surface area contributed by atoms with E-state index >= 15 is 0 Å². The summed E-state index contributed by atoms with van der Waals surface area (Å²) >= 11 is 0. The van der Waals surface area contributed by atoms with Gasteiger partial charge in [0.15, 0.2) is 0 Å². The largest absolute Gasteiger partial charge is 0.444 e. The molecule has 1 rings (SSSR count). The van der Waals surface area contributed by atoms with Gasteiger partial charge in [-0.1, -0.05) is 6.92 Å². The van der Waals surface area contributed by atoms with Crippen LogP contribution in [0.5, 0.6) is 0 Å². The lowest BCUT2D eigenvalue weighted by molar-refractivity contribution is -0.00247. The molecule has 4 heteroatoms. The topological polar surface area (TPSA) is 47.6 Å². The zero-order chi connectivity index (χ0) is 12.9. The van der Waals surface area contributed by atoms with Gasteiger partial charge < -0.3 is 14.8 Å². The average Bonchev–Trinajstić information content (AvgIpc) is 2.15. The summed E-state index contributed by atoms with van der Waals surface area (Å²) in [7, 11) is 0. The third-order valence-corrected chi connectivity index (χ3v) is 2.92. The van der Waals surface area contributed by atoms with Crippen LogP contribution in [0.25, 0.3) is 0 Å². The number of nitrogens with one attached hydrogen (secondary N) is 1. The second-order valence-corrected chi connectivity index (χ2v) is 6.15. The zero-order valence-electron chi connectivity index (χ0n) is 11.5. The second-order valence-electron chi connectivity index (χ2n) is 6.15. The summed E-state index contributed by atoms with van der Waals surface area (Å²) in [5, 5.41) is 2.79. The fraction of sp³-hybridized carbons (Fsp3) is 0.923. The van der Waals surface area contributed by atoms with Gasteiger partial charge in [0, 0.05) is 13.2 Å². The lowest BCUT2D eigenvalue weighted by Gasteiger charge is -2.33. The highest BCUT2D eigenvalue weighted by Crippen LogP contribution is 2.30. The van der Waals surface area contributed by atoms with Gasteiger partial charge in [0.2, 0.25) is 0 Å². The van der Waals surface area contributed by atoms with Crippen LogP contribution in [0.2, 0.25) is 0 Å². The molecule has 100 valence electrons. The van der Waals surface area contributed by atoms with E-state index in [2.05, 4.69) is 12.2 Å². The number of carbonyl (C=O) groups is 1. The zero-order valence-corrected chi connectivity index (χ0v) is 11.5. The van der Waals surface area contributed by atoms with E-state index in [1.54, 1.807) is 0 Å². The van der Waals surface area contributed by atoms with Crippen molar-refractivity contribution >= 4 is 6.09 Å². The molecule has 1 N–H and O–H groups in total. The molecule has 4 nitrogen and oxygen atoms in total. The number of rotatable bonds is 3. The van der Waals surface area contributed by atoms with Crippen molar-refractivity contribution in [3.8, 4) is 0 Å². The molecule has 1 unspecified atom stereocenters. The van der Waals surface area contributed by atoms with E-state index in [0.29, 0.717) is 6.54 Å². The number of ether oxygens (including phenoxy) is 2. The maximum atomic E-state index is 11.4. The standard InChI is InChI=1S/C13H25NO3/c1-12(2,3)17-11(15)14-8-7-13(4)6-5-9-16-10-13/h5-10H2,1-4H3,(H,14,15). The molecule has 0 aromatic rings. The fourth-order valence-electron chi connectivity index (χ4n) is 1.97. The molecule has 1 aliphatic heterocycles. The van der Waals surface area contributed by atoms with E-state index in [0.717, 1.165) is 26.1 Å². The Hall–Kier alpha value is -0.770. The Balaban J connectivity index is 2.20. The van der Waals surface area contributed by atoms with Gasteiger partial charge in [-0.05, 0) is 45.4 Å². The fourth-order valence-corrected chi connectivity index (χ4v) is 1.97. The lowest BCUT2D eigenvalue weighted by atomic mass is 9.82. The van der Waals surface area contributed by atoms with Crippen LogP contribution in [0, 0.1) is 5.41 Å². The molecule has 0 saturated carbocycles. The maximum absolute atomic E-state index is 11.4. The summed E-state index contributed by atoms with van der Waals surface area (Å²) in [5.41, 5.74) is -0.227. The van der Waals surface area contributed by atoms with Crippen LogP contribution in [-0.2, 0) is 9.47 Å². The van der Waals surface area contributed by atoms with Crippen molar-refractivity contribution in [1.29, 1.82) is 0 Å². The van der Waals surface area contributed by atoms with Crippen LogP contribution in [0.3, 0.4) is 0 Å². The first-order valence-corrected chi connectivity index (χ1v) is 6.35. The highest BCUT2D eigenvalue weighted by Gasteiger charge is 2.27. The van der Waals surface area contributed by atoms with Crippen LogP contribution >= 0.6 is 0 Å². The molecule has 0 aliphatic carbocycles. The van der Waals surface area contributed by atoms with E-state index in [9.17, 15) is 4.79 Å². The van der Waals surface area contributed by atoms with Crippen molar-refractivity contribution in [2.24, 2.45) is 5.41 Å². The Bertz CT molecular complexity index is 252. The van der Waals surface area contributed by atoms with Gasteiger partial charge in [-0.15, -0.1) is 0 Å². The van der Waals surface area contributed by atoms with Gasteiger partial charge in [0.05, 0.1) is 6.61 Å². The minimum Gasteiger partial charge on any atom is -0.444 e. The summed E-state index contributed by atoms with van der Waals surface area (Å²) in [6.45, 7) is 10.1. The van der Waals surface area contributed by atoms with E-state index in [4.69, 9.17) is 9.47 Å². The van der Waals surface area contributed by atoms with E-state index in [1.165, 1.54) is 6.42 Å². The van der Waals surface area contributed by atoms with E-state index in [-0.39, 0.29) is 11.5 Å². The summed E-state index contributed by atoms with van der Waals surface area (Å²) < 4.78 is 10.7. The van der Waals surface area contributed by atoms with E-state index < -0.39 is 5.60 Å². The minimum atomic E-state index is -0.429. The molecule has 0 aromatic carbocycles. The number of alkyl carbamates (subject to hydrolysis) is 1. The molecule has 1 saturated heterocycles. The smallest absolute Gasteiger partial charge is 0.407 e. The molecule has 17 heavy (non-hydrogen) atoms. The van der Waals surface area contributed by atoms with Crippen molar-refractivity contribution in [3.63, 3.8) is 0 Å². The molecule has 1 aliphatic rings. The van der Waals surface area contributed by atoms with E-state index in [1.807, 2.05) is 20.8 Å². The number of amides is 1. The Morgan fingerprint density at radius 1 is 1.47 bits per heavy atom. The van der Waals surface area contributed by atoms with Gasteiger partial charge in [-0.3, -0.25) is 0 Å². The summed E-state index contributed by atoms with van der Waals surface area (Å²) in [6.07, 6.45) is 2.89. The van der Waals surface area contributed by atoms with Gasteiger partial charge >= 0.3 is 6.09 Å². The molecular weight excluding hydrogens is 218 g/mol. The predicted octanol–water partition coefficient (Wildman–Crippen LogP) is 2.72. The first-order valence-electron chi connectivity index (χ1n) is 6.35. The summed E-state index contributed by atoms with van der Waals surface area (Å²) in [4.78, 5) is 11.4. The van der Waals surface area contributed by atoms with Gasteiger partial charge in [-0.25, -0.2) is 4.79 Å². The first kappa shape index (κ1) is 14.3. The van der Waals surface area contributed by atoms with Crippen molar-refractivity contribution < 1.29 is 14.3 Å². The Kier molecular flexibility index (Phi) is 4.80. The maximum Gasteiger partial charge on any atom is 0.407 e. The molecular formula is C13H25NO3. The molecule has 1 fully saturated rings. The Labute approximate surface area is 104 Å². The summed E-state index contributed by atoms with van der Waals surface area (Å²) in [6, 6.07) is 0. The predicted molar refractivity (Wildman–Crippen MR) is 67.0 cm³/mol. The highest BCUT2D eigenvalue weighted by molar-refractivity contribution is 5.67. The molecule has 0 bridgehead atoms. The quantitative estimate of drug-likeness (QED) is 0.829. The van der Waals surface area contributed by atoms with Gasteiger partial charge in [0.1, 0.15) is 5.60 Å². The SMILES string of the molecule is CC1(CCNC(=O)OC(C)(C)C)CCCOC1. The molecule has 0 spiro atoms. The Morgan fingerprint density at radius 2 is 2.18 bits per heavy atom. The Morgan fingerprint density at radius 3 is 2.71 bits per heavy atom. The first-order chi connectivity index (χ1) is 7.81. The van der Waals surface area contributed by atoms with Gasteiger partial charge in [-0.2, -0.15) is 0 Å². The number of hydrogen-bond donors (Lipinski definition) is 1. The van der Waals surface area contributed by atoms with Gasteiger partial charge in [0.25, 0.3) is 0 Å². The third kappa shape index (κ3) is 5.91. The van der Waals surface area contributed by atoms with Crippen LogP contribution in [0.1, 0.15) is 47.0 Å². The molecule has 0 aromatic heterocycles. The van der Waals surface area contributed by atoms with Crippen molar-refractivity contribution in [3.05, 3.63) is 0 Å². The van der Waals surface area contributed by atoms with Crippen LogP contribution in [-0.4, -0.2) is 31.5 Å². The lowest BCUT2D eigenvalue weighted by Crippen LogP contribution is -2.36. The second kappa shape index (κ2) is 5.71. The van der Waals surface area contributed by atoms with Crippen LogP contribution in [0.4, 0.5) is 4.79 Å². The van der Waals surface area contributed by atoms with Crippen LogP contribution in [0.15, 0.2) is 0 Å². The molecule has 1 amide bonds. The number of carbonyl (C=O) groups excluding carboxylic acids is 1. The third-order valence-electron chi connectivity index (χ3n) is 2.92. The normalized spacial score (nSPS) is 25.4. The average molecular weight is 243 g/mol. The summed E-state index contributed by atoms with van der Waals surface area (Å²) in [5.74, 6) is 0. The van der Waals surface area contributed by atoms with Crippen LogP contribution < -0.4 is 5.32 Å². The number of hydrogen-bond acceptors (Lipinski definition) is 3. The minimum absolute atomic E-state index is 0.202.